The van der Waals surface area contributed by atoms with Crippen LogP contribution in [0, 0.1) is 5.41 Å². The zero-order valence-corrected chi connectivity index (χ0v) is 21.8. The summed E-state index contributed by atoms with van der Waals surface area (Å²) in [6.45, 7) is 1.72. The highest BCUT2D eigenvalue weighted by Gasteiger charge is 2.45. The first-order valence-corrected chi connectivity index (χ1v) is 12.9. The summed E-state index contributed by atoms with van der Waals surface area (Å²) in [7, 11) is 1.55. The van der Waals surface area contributed by atoms with Gasteiger partial charge in [0, 0.05) is 31.3 Å². The van der Waals surface area contributed by atoms with Gasteiger partial charge in [-0.25, -0.2) is 0 Å². The molecule has 212 valence electrons. The Morgan fingerprint density at radius 1 is 1.12 bits per heavy atom. The van der Waals surface area contributed by atoms with Gasteiger partial charge in [-0.05, 0) is 47.9 Å². The van der Waals surface area contributed by atoms with Crippen molar-refractivity contribution in [3.63, 3.8) is 0 Å². The predicted octanol–water partition coefficient (Wildman–Crippen LogP) is 4.45. The molecule has 40 heavy (non-hydrogen) atoms. The van der Waals surface area contributed by atoms with Gasteiger partial charge in [-0.15, -0.1) is 0 Å². The number of nitrogens with two attached hydrogens (primary N) is 1. The smallest absolute Gasteiger partial charge is 0.429 e. The van der Waals surface area contributed by atoms with Crippen molar-refractivity contribution in [2.24, 2.45) is 5.41 Å². The Balaban J connectivity index is 1.32. The Morgan fingerprint density at radius 2 is 1.85 bits per heavy atom. The minimum Gasteiger partial charge on any atom is -0.497 e. The number of benzene rings is 2. The quantitative estimate of drug-likeness (QED) is 0.387. The summed E-state index contributed by atoms with van der Waals surface area (Å²) in [4.78, 5) is 21.4. The molecule has 3 aromatic rings. The van der Waals surface area contributed by atoms with E-state index in [1.807, 2.05) is 11.0 Å². The molecule has 1 unspecified atom stereocenters. The number of nitrogens with one attached hydrogen (secondary N) is 1. The van der Waals surface area contributed by atoms with Crippen molar-refractivity contribution in [2.75, 3.05) is 37.4 Å². The first-order valence-electron chi connectivity index (χ1n) is 12.9. The maximum Gasteiger partial charge on any atom is 0.429 e. The Kier molecular flexibility index (Phi) is 7.45. The summed E-state index contributed by atoms with van der Waals surface area (Å²) < 4.78 is 53.1. The molecule has 2 fully saturated rings. The van der Waals surface area contributed by atoms with Crippen molar-refractivity contribution < 1.29 is 32.5 Å². The van der Waals surface area contributed by atoms with Gasteiger partial charge in [0.05, 0.1) is 7.11 Å². The lowest BCUT2D eigenvalue weighted by atomic mass is 9.76. The number of carboxylic acid groups (broad SMARTS) is 1. The molecule has 2 atom stereocenters. The number of halogens is 3. The Labute approximate surface area is 229 Å². The SMILES string of the molecule is COc1cccc(-c2ccc([C@@H](Oc3cc(N4CCC5(CC4)CNC(C(=O)O)C5)nc(N)n3)C(F)(F)F)cc2)c1. The van der Waals surface area contributed by atoms with E-state index in [-0.39, 0.29) is 22.8 Å². The van der Waals surface area contributed by atoms with Gasteiger partial charge in [0.15, 0.2) is 0 Å². The molecule has 3 heterocycles. The van der Waals surface area contributed by atoms with E-state index in [2.05, 4.69) is 15.3 Å². The molecule has 2 aromatic carbocycles. The highest BCUT2D eigenvalue weighted by molar-refractivity contribution is 5.74. The Bertz CT molecular complexity index is 1360. The lowest BCUT2D eigenvalue weighted by Crippen LogP contribution is -2.41. The van der Waals surface area contributed by atoms with Gasteiger partial charge in [-0.3, -0.25) is 4.79 Å². The normalized spacial score (nSPS) is 19.4. The topological polar surface area (TPSA) is 123 Å². The van der Waals surface area contributed by atoms with Crippen LogP contribution in [0.2, 0.25) is 0 Å². The molecule has 12 heteroatoms. The van der Waals surface area contributed by atoms with Crippen LogP contribution >= 0.6 is 0 Å². The van der Waals surface area contributed by atoms with Crippen LogP contribution in [0.4, 0.5) is 24.9 Å². The molecular formula is C28H30F3N5O4. The molecule has 9 nitrogen and oxygen atoms in total. The van der Waals surface area contributed by atoms with Crippen LogP contribution < -0.4 is 25.4 Å². The van der Waals surface area contributed by atoms with Crippen molar-refractivity contribution in [2.45, 2.75) is 37.6 Å². The van der Waals surface area contributed by atoms with E-state index in [4.69, 9.17) is 15.2 Å². The van der Waals surface area contributed by atoms with Crippen LogP contribution in [0.5, 0.6) is 11.6 Å². The minimum absolute atomic E-state index is 0.0838. The number of nitrogens with zero attached hydrogens (tertiary/aromatic N) is 3. The van der Waals surface area contributed by atoms with Gasteiger partial charge in [-0.1, -0.05) is 36.4 Å². The average molecular weight is 558 g/mol. The molecule has 2 aliphatic rings. The number of carbonyl (C=O) groups is 1. The zero-order chi connectivity index (χ0) is 28.5. The maximum atomic E-state index is 14.2. The van der Waals surface area contributed by atoms with E-state index >= 15 is 0 Å². The van der Waals surface area contributed by atoms with Crippen molar-refractivity contribution in [3.05, 3.63) is 60.2 Å². The zero-order valence-electron chi connectivity index (χ0n) is 21.8. The monoisotopic (exact) mass is 557 g/mol. The van der Waals surface area contributed by atoms with Gasteiger partial charge in [0.2, 0.25) is 17.9 Å². The lowest BCUT2D eigenvalue weighted by molar-refractivity contribution is -0.198. The van der Waals surface area contributed by atoms with Crippen LogP contribution in [-0.4, -0.2) is 60.0 Å². The molecule has 5 rings (SSSR count). The summed E-state index contributed by atoms with van der Waals surface area (Å²) >= 11 is 0. The van der Waals surface area contributed by atoms with Gasteiger partial charge < -0.3 is 30.5 Å². The third-order valence-corrected chi connectivity index (χ3v) is 7.67. The van der Waals surface area contributed by atoms with Crippen LogP contribution in [0.3, 0.4) is 0 Å². The van der Waals surface area contributed by atoms with Crippen molar-refractivity contribution in [3.8, 4) is 22.8 Å². The summed E-state index contributed by atoms with van der Waals surface area (Å²) in [5.74, 6) is -0.333. The fraction of sp³-hybridized carbons (Fsp3) is 0.393. The van der Waals surface area contributed by atoms with Gasteiger partial charge >= 0.3 is 12.1 Å². The van der Waals surface area contributed by atoms with Crippen LogP contribution in [0.25, 0.3) is 11.1 Å². The predicted molar refractivity (Wildman–Crippen MR) is 142 cm³/mol. The first kappa shape index (κ1) is 27.5. The molecule has 0 radical (unpaired) electrons. The largest absolute Gasteiger partial charge is 0.497 e. The number of aromatic nitrogens is 2. The number of rotatable bonds is 7. The molecule has 0 saturated carbocycles. The number of hydrogen-bond donors (Lipinski definition) is 3. The maximum absolute atomic E-state index is 14.2. The van der Waals surface area contributed by atoms with Crippen LogP contribution in [-0.2, 0) is 4.79 Å². The second kappa shape index (κ2) is 10.8. The summed E-state index contributed by atoms with van der Waals surface area (Å²) in [6.07, 6.45) is -5.01. The van der Waals surface area contributed by atoms with Gasteiger partial charge in [0.25, 0.3) is 0 Å². The molecule has 2 saturated heterocycles. The molecule has 1 aromatic heterocycles. The van der Waals surface area contributed by atoms with E-state index < -0.39 is 24.3 Å². The number of carboxylic acids is 1. The number of piperidine rings is 1. The number of nitrogen functional groups attached to an aromatic ring is 1. The molecule has 0 aliphatic carbocycles. The third-order valence-electron chi connectivity index (χ3n) is 7.67. The minimum atomic E-state index is -4.72. The van der Waals surface area contributed by atoms with E-state index in [1.54, 1.807) is 37.4 Å². The summed E-state index contributed by atoms with van der Waals surface area (Å²) in [6, 6.07) is 14.0. The number of aliphatic carboxylic acids is 1. The summed E-state index contributed by atoms with van der Waals surface area (Å²) in [5.41, 5.74) is 7.19. The van der Waals surface area contributed by atoms with E-state index in [9.17, 15) is 23.1 Å². The lowest BCUT2D eigenvalue weighted by Gasteiger charge is -2.39. The van der Waals surface area contributed by atoms with E-state index in [1.165, 1.54) is 18.2 Å². The fourth-order valence-electron chi connectivity index (χ4n) is 5.43. The van der Waals surface area contributed by atoms with E-state index in [0.717, 1.165) is 11.1 Å². The fourth-order valence-corrected chi connectivity index (χ4v) is 5.43. The number of ether oxygens (including phenoxy) is 2. The van der Waals surface area contributed by atoms with Crippen molar-refractivity contribution in [1.82, 2.24) is 15.3 Å². The molecule has 1 spiro atoms. The standard InChI is InChI=1S/C28H30F3N5O4/c1-39-20-4-2-3-19(13-20)17-5-7-18(8-6-17)24(28(29,30)31)40-23-14-22(34-26(32)35-23)36-11-9-27(10-12-36)15-21(25(37)38)33-16-27/h2-8,13-14,21,24,33H,9-12,15-16H2,1H3,(H,37,38)(H2,32,34,35)/t21?,24-/m1/s1. The number of alkyl halides is 3. The second-order valence-electron chi connectivity index (χ2n) is 10.3. The van der Waals surface area contributed by atoms with Gasteiger partial charge in [0.1, 0.15) is 17.6 Å². The van der Waals surface area contributed by atoms with E-state index in [0.29, 0.717) is 50.5 Å². The summed E-state index contributed by atoms with van der Waals surface area (Å²) in [5, 5.41) is 12.4. The molecule has 0 amide bonds. The van der Waals surface area contributed by atoms with Crippen LogP contribution in [0.15, 0.2) is 54.6 Å². The Morgan fingerprint density at radius 3 is 2.48 bits per heavy atom. The molecule has 2 aliphatic heterocycles. The molecule has 4 N–H and O–H groups in total. The average Bonchev–Trinajstić information content (AvgIpc) is 3.35. The number of methoxy groups -OCH3 is 1. The number of hydrogen-bond acceptors (Lipinski definition) is 8. The molecule has 0 bridgehead atoms. The highest BCUT2D eigenvalue weighted by Crippen LogP contribution is 2.41. The number of anilines is 2. The van der Waals surface area contributed by atoms with Gasteiger partial charge in [-0.2, -0.15) is 23.1 Å². The van der Waals surface area contributed by atoms with Crippen LogP contribution in [0.1, 0.15) is 30.9 Å². The Hall–Kier alpha value is -4.06. The first-order chi connectivity index (χ1) is 19.0. The second-order valence-corrected chi connectivity index (χ2v) is 10.3. The molecular weight excluding hydrogens is 527 g/mol. The van der Waals surface area contributed by atoms with Crippen molar-refractivity contribution >= 4 is 17.7 Å². The van der Waals surface area contributed by atoms with Crippen molar-refractivity contribution in [1.29, 1.82) is 0 Å². The highest BCUT2D eigenvalue weighted by atomic mass is 19.4. The third kappa shape index (κ3) is 5.91.